The fourth-order valence-corrected chi connectivity index (χ4v) is 7.00. The zero-order valence-electron chi connectivity index (χ0n) is 21.4. The first-order valence-electron chi connectivity index (χ1n) is 12.2. The number of likely N-dealkylation sites (N-methyl/N-ethyl adjacent to an activating group) is 1. The highest BCUT2D eigenvalue weighted by Gasteiger charge is 2.68. The van der Waals surface area contributed by atoms with E-state index in [2.05, 4.69) is 5.32 Å². The molecular weight excluding hydrogens is 539 g/mol. The number of carbonyl (C=O) groups is 3. The predicted octanol–water partition coefficient (Wildman–Crippen LogP) is 2.07. The second-order valence-corrected chi connectivity index (χ2v) is 11.5. The summed E-state index contributed by atoms with van der Waals surface area (Å²) in [5.41, 5.74) is -1.96. The van der Waals surface area contributed by atoms with Crippen LogP contribution in [0.3, 0.4) is 0 Å². The van der Waals surface area contributed by atoms with Crippen LogP contribution in [-0.2, 0) is 41.7 Å². The summed E-state index contributed by atoms with van der Waals surface area (Å²) >= 11 is 0. The van der Waals surface area contributed by atoms with Crippen LogP contribution in [0.4, 0.5) is 13.2 Å². The van der Waals surface area contributed by atoms with Gasteiger partial charge in [0.25, 0.3) is 0 Å². The minimum Gasteiger partial charge on any atom is -0.468 e. The lowest BCUT2D eigenvalue weighted by molar-refractivity contribution is -0.153. The first kappa shape index (κ1) is 28.7. The first-order chi connectivity index (χ1) is 18.3. The van der Waals surface area contributed by atoms with E-state index in [1.165, 1.54) is 7.05 Å². The van der Waals surface area contributed by atoms with Gasteiger partial charge in [-0.15, -0.1) is 0 Å². The summed E-state index contributed by atoms with van der Waals surface area (Å²) in [5, 5.41) is 3.11. The molecule has 0 radical (unpaired) electrons. The van der Waals surface area contributed by atoms with Crippen LogP contribution in [0.25, 0.3) is 0 Å². The first-order valence-corrected chi connectivity index (χ1v) is 13.6. The van der Waals surface area contributed by atoms with Crippen molar-refractivity contribution >= 4 is 27.8 Å². The molecule has 1 N–H and O–H groups in total. The van der Waals surface area contributed by atoms with E-state index in [-0.39, 0.29) is 24.4 Å². The highest BCUT2D eigenvalue weighted by atomic mass is 32.2. The molecule has 39 heavy (non-hydrogen) atoms. The Balaban J connectivity index is 1.72. The SMILES string of the molecule is CCN(C[C@H]1N[C@@](Cc2ccccc2)(C(=O)OC)[C@H]2C(=O)N(C)C(=O)[C@@H]12)S(=O)(=O)c1ccc(C(F)(F)F)cc1. The molecule has 0 saturated carbocycles. The van der Waals surface area contributed by atoms with Crippen molar-refractivity contribution in [2.75, 3.05) is 27.2 Å². The number of nitrogens with zero attached hydrogens (tertiary/aromatic N) is 2. The molecule has 0 aliphatic carbocycles. The number of halogens is 3. The lowest BCUT2D eigenvalue weighted by Crippen LogP contribution is -2.59. The fourth-order valence-electron chi connectivity index (χ4n) is 5.53. The summed E-state index contributed by atoms with van der Waals surface area (Å²) < 4.78 is 71.9. The molecule has 0 spiro atoms. The number of carbonyl (C=O) groups excluding carboxylic acids is 3. The minimum atomic E-state index is -4.63. The van der Waals surface area contributed by atoms with Crippen LogP contribution in [0, 0.1) is 11.8 Å². The van der Waals surface area contributed by atoms with Crippen LogP contribution in [-0.4, -0.2) is 74.2 Å². The zero-order chi connectivity index (χ0) is 28.8. The van der Waals surface area contributed by atoms with Gasteiger partial charge in [-0.3, -0.25) is 24.6 Å². The number of fused-ring (bicyclic) bond motifs is 1. The maximum absolute atomic E-state index is 13.4. The van der Waals surface area contributed by atoms with Crippen molar-refractivity contribution in [2.45, 2.75) is 36.0 Å². The van der Waals surface area contributed by atoms with Crippen LogP contribution in [0.15, 0.2) is 59.5 Å². The minimum absolute atomic E-state index is 0.00280. The Morgan fingerprint density at radius 2 is 1.69 bits per heavy atom. The largest absolute Gasteiger partial charge is 0.468 e. The molecule has 2 saturated heterocycles. The third-order valence-electron chi connectivity index (χ3n) is 7.43. The standard InChI is InChI=1S/C26H28F3N3O6S/c1-4-32(39(36,37)18-12-10-17(11-13-18)26(27,28)29)15-19-20-21(23(34)31(2)22(20)33)25(30-19,24(35)38-3)14-16-8-6-5-7-9-16/h5-13,19-21,30H,4,14-15H2,1-3H3/t19-,20+,21-,25-/m1/s1. The quantitative estimate of drug-likeness (QED) is 0.384. The van der Waals surface area contributed by atoms with E-state index < -0.39 is 63.0 Å². The van der Waals surface area contributed by atoms with Crippen molar-refractivity contribution in [3.05, 3.63) is 65.7 Å². The number of ether oxygens (including phenoxy) is 1. The van der Waals surface area contributed by atoms with Crippen LogP contribution < -0.4 is 5.32 Å². The highest BCUT2D eigenvalue weighted by Crippen LogP contribution is 2.45. The van der Waals surface area contributed by atoms with Crippen LogP contribution >= 0.6 is 0 Å². The van der Waals surface area contributed by atoms with Gasteiger partial charge in [0.2, 0.25) is 21.8 Å². The van der Waals surface area contributed by atoms with Gasteiger partial charge in [0.05, 0.1) is 29.4 Å². The topological polar surface area (TPSA) is 113 Å². The summed E-state index contributed by atoms with van der Waals surface area (Å²) in [6.45, 7) is 1.14. The maximum Gasteiger partial charge on any atom is 0.416 e. The molecule has 4 rings (SSSR count). The average molecular weight is 568 g/mol. The van der Waals surface area contributed by atoms with Crippen LogP contribution in [0.1, 0.15) is 18.1 Å². The number of sulfonamides is 1. The number of hydrogen-bond acceptors (Lipinski definition) is 7. The van der Waals surface area contributed by atoms with Gasteiger partial charge in [-0.05, 0) is 29.8 Å². The van der Waals surface area contributed by atoms with Crippen LogP contribution in [0.5, 0.6) is 0 Å². The lowest BCUT2D eigenvalue weighted by atomic mass is 9.76. The third-order valence-corrected chi connectivity index (χ3v) is 9.38. The molecule has 13 heteroatoms. The van der Waals surface area contributed by atoms with Gasteiger partial charge in [-0.2, -0.15) is 17.5 Å². The molecule has 2 aromatic rings. The Labute approximate surface area is 224 Å². The van der Waals surface area contributed by atoms with E-state index in [4.69, 9.17) is 4.74 Å². The molecule has 2 heterocycles. The van der Waals surface area contributed by atoms with E-state index in [1.807, 2.05) is 0 Å². The predicted molar refractivity (Wildman–Crippen MR) is 132 cm³/mol. The summed E-state index contributed by atoms with van der Waals surface area (Å²) in [6, 6.07) is 11.0. The Kier molecular flexibility index (Phi) is 7.63. The molecule has 0 unspecified atom stereocenters. The van der Waals surface area contributed by atoms with Crippen molar-refractivity contribution < 1.29 is 40.7 Å². The normalized spacial score (nSPS) is 25.3. The van der Waals surface area contributed by atoms with E-state index >= 15 is 0 Å². The van der Waals surface area contributed by atoms with E-state index in [9.17, 15) is 36.0 Å². The number of rotatable bonds is 8. The van der Waals surface area contributed by atoms with Gasteiger partial charge in [0.15, 0.2) is 0 Å². The second kappa shape index (κ2) is 10.4. The van der Waals surface area contributed by atoms with Gasteiger partial charge in [-0.25, -0.2) is 8.42 Å². The second-order valence-electron chi connectivity index (χ2n) is 9.59. The number of likely N-dealkylation sites (tertiary alicyclic amines) is 1. The van der Waals surface area contributed by atoms with Gasteiger partial charge in [-0.1, -0.05) is 37.3 Å². The molecular formula is C26H28F3N3O6S. The zero-order valence-corrected chi connectivity index (χ0v) is 22.3. The number of imide groups is 1. The van der Waals surface area contributed by atoms with Crippen molar-refractivity contribution in [1.82, 2.24) is 14.5 Å². The Bertz CT molecular complexity index is 1370. The van der Waals surface area contributed by atoms with Crippen molar-refractivity contribution in [2.24, 2.45) is 11.8 Å². The van der Waals surface area contributed by atoms with Crippen molar-refractivity contribution in [3.63, 3.8) is 0 Å². The number of methoxy groups -OCH3 is 1. The van der Waals surface area contributed by atoms with Gasteiger partial charge in [0.1, 0.15) is 5.54 Å². The highest BCUT2D eigenvalue weighted by molar-refractivity contribution is 7.89. The Hall–Kier alpha value is -3.29. The summed E-state index contributed by atoms with van der Waals surface area (Å²) in [5.74, 6) is -4.14. The summed E-state index contributed by atoms with van der Waals surface area (Å²) in [6.07, 6.45) is -4.63. The molecule has 0 aromatic heterocycles. The molecule has 2 amide bonds. The van der Waals surface area contributed by atoms with E-state index in [0.29, 0.717) is 17.7 Å². The van der Waals surface area contributed by atoms with E-state index in [0.717, 1.165) is 28.4 Å². The van der Waals surface area contributed by atoms with Crippen molar-refractivity contribution in [3.8, 4) is 0 Å². The molecule has 210 valence electrons. The third kappa shape index (κ3) is 4.94. The molecule has 9 nitrogen and oxygen atoms in total. The smallest absolute Gasteiger partial charge is 0.416 e. The van der Waals surface area contributed by atoms with Gasteiger partial charge >= 0.3 is 12.1 Å². The van der Waals surface area contributed by atoms with Gasteiger partial charge in [0, 0.05) is 32.6 Å². The maximum atomic E-state index is 13.4. The number of esters is 1. The Morgan fingerprint density at radius 3 is 2.23 bits per heavy atom. The number of hydrogen-bond donors (Lipinski definition) is 1. The molecule has 2 fully saturated rings. The average Bonchev–Trinajstić information content (AvgIpc) is 3.35. The molecule has 2 aliphatic heterocycles. The van der Waals surface area contributed by atoms with Gasteiger partial charge < -0.3 is 4.74 Å². The van der Waals surface area contributed by atoms with Crippen molar-refractivity contribution in [1.29, 1.82) is 0 Å². The number of alkyl halides is 3. The number of amides is 2. The Morgan fingerprint density at radius 1 is 1.08 bits per heavy atom. The lowest BCUT2D eigenvalue weighted by Gasteiger charge is -2.33. The number of benzene rings is 2. The monoisotopic (exact) mass is 567 g/mol. The molecule has 2 aliphatic rings. The summed E-state index contributed by atoms with van der Waals surface area (Å²) in [4.78, 5) is 40.4. The molecule has 2 aromatic carbocycles. The van der Waals surface area contributed by atoms with E-state index in [1.54, 1.807) is 37.3 Å². The number of nitrogens with one attached hydrogen (secondary N) is 1. The molecule has 0 bridgehead atoms. The fraction of sp³-hybridized carbons (Fsp3) is 0.423. The van der Waals surface area contributed by atoms with Crippen LogP contribution in [0.2, 0.25) is 0 Å². The summed E-state index contributed by atoms with van der Waals surface area (Å²) in [7, 11) is -1.83. The molecule has 4 atom stereocenters.